The number of hydrogen-bond donors (Lipinski definition) is 0. The molecule has 1 aromatic heterocycles. The second kappa shape index (κ2) is 10.6. The lowest BCUT2D eigenvalue weighted by molar-refractivity contribution is -0.386. The Hall–Kier alpha value is -2.59. The predicted molar refractivity (Wildman–Crippen MR) is 137 cm³/mol. The lowest BCUT2D eigenvalue weighted by Gasteiger charge is -2.15. The van der Waals surface area contributed by atoms with E-state index in [1.807, 2.05) is 33.8 Å². The van der Waals surface area contributed by atoms with Crippen molar-refractivity contribution in [2.75, 3.05) is 0 Å². The Bertz CT molecular complexity index is 1290. The van der Waals surface area contributed by atoms with Gasteiger partial charge in [-0.2, -0.15) is 9.78 Å². The van der Waals surface area contributed by atoms with Gasteiger partial charge < -0.3 is 4.74 Å². The van der Waals surface area contributed by atoms with Crippen molar-refractivity contribution in [3.63, 3.8) is 0 Å². The summed E-state index contributed by atoms with van der Waals surface area (Å²) in [6.45, 7) is 7.77. The van der Waals surface area contributed by atoms with Crippen molar-refractivity contribution in [1.29, 1.82) is 0 Å². The number of halogens is 2. The fourth-order valence-corrected chi connectivity index (χ4v) is 4.04. The molecule has 0 aliphatic heterocycles. The van der Waals surface area contributed by atoms with Crippen molar-refractivity contribution in [3.05, 3.63) is 71.1 Å². The largest absolute Gasteiger partial charge is 0.483 e. The fraction of sp³-hybridized carbons (Fsp3) is 0.348. The van der Waals surface area contributed by atoms with Crippen molar-refractivity contribution in [2.24, 2.45) is 5.10 Å². The molecule has 33 heavy (non-hydrogen) atoms. The summed E-state index contributed by atoms with van der Waals surface area (Å²) in [7, 11) is 0. The maximum absolute atomic E-state index is 13.2. The van der Waals surface area contributed by atoms with Crippen molar-refractivity contribution < 1.29 is 9.66 Å². The summed E-state index contributed by atoms with van der Waals surface area (Å²) in [5.74, 6) is 0.676. The molecule has 0 aliphatic rings. The van der Waals surface area contributed by atoms with Gasteiger partial charge in [-0.3, -0.25) is 14.9 Å². The maximum Gasteiger partial charge on any atom is 0.312 e. The molecule has 0 fully saturated rings. The Labute approximate surface area is 208 Å². The highest BCUT2D eigenvalue weighted by atomic mass is 79.9. The number of aromatic nitrogens is 2. The van der Waals surface area contributed by atoms with Crippen LogP contribution in [-0.2, 0) is 0 Å². The second-order valence-corrected chi connectivity index (χ2v) is 9.52. The van der Waals surface area contributed by atoms with E-state index in [0.29, 0.717) is 33.2 Å². The van der Waals surface area contributed by atoms with Crippen molar-refractivity contribution in [3.8, 4) is 5.75 Å². The monoisotopic (exact) mass is 578 g/mol. The van der Waals surface area contributed by atoms with Gasteiger partial charge in [0.15, 0.2) is 0 Å². The van der Waals surface area contributed by atoms with E-state index in [1.54, 1.807) is 18.2 Å². The average Bonchev–Trinajstić information content (AvgIpc) is 2.79. The van der Waals surface area contributed by atoms with Crippen LogP contribution in [0.5, 0.6) is 5.75 Å². The second-order valence-electron chi connectivity index (χ2n) is 7.75. The van der Waals surface area contributed by atoms with Gasteiger partial charge in [0.05, 0.1) is 32.6 Å². The molecule has 10 heteroatoms. The number of nitro benzene ring substituents is 1. The Morgan fingerprint density at radius 3 is 2.58 bits per heavy atom. The molecule has 174 valence electrons. The first-order valence-corrected chi connectivity index (χ1v) is 12.2. The molecule has 3 rings (SSSR count). The number of nitrogens with zero attached hydrogens (tertiary/aromatic N) is 4. The standard InChI is InChI=1S/C23H24Br2N4O4/c1-5-13(3)22-27-19-8-7-16(24)11-17(19)23(30)28(22)26-12-15-9-18(25)21(33-14(4)6-2)20(10-15)29(31)32/h7-14H,5-6H2,1-4H3/t13-,14+/m0/s1. The molecule has 0 spiro atoms. The van der Waals surface area contributed by atoms with E-state index in [4.69, 9.17) is 4.74 Å². The Morgan fingerprint density at radius 1 is 1.21 bits per heavy atom. The van der Waals surface area contributed by atoms with Gasteiger partial charge in [-0.1, -0.05) is 36.7 Å². The Balaban J connectivity index is 2.14. The molecule has 0 aliphatic carbocycles. The summed E-state index contributed by atoms with van der Waals surface area (Å²) in [6.07, 6.45) is 2.71. The third kappa shape index (κ3) is 5.50. The third-order valence-corrected chi connectivity index (χ3v) is 6.43. The molecule has 1 heterocycles. The molecule has 3 aromatic rings. The number of benzene rings is 2. The summed E-state index contributed by atoms with van der Waals surface area (Å²) in [6, 6.07) is 8.39. The maximum atomic E-state index is 13.2. The molecule has 0 unspecified atom stereocenters. The lowest BCUT2D eigenvalue weighted by Crippen LogP contribution is -2.23. The molecular formula is C23H24Br2N4O4. The molecule has 0 saturated carbocycles. The van der Waals surface area contributed by atoms with Crippen molar-refractivity contribution in [1.82, 2.24) is 9.66 Å². The van der Waals surface area contributed by atoms with Gasteiger partial charge in [-0.05, 0) is 60.0 Å². The highest BCUT2D eigenvalue weighted by Crippen LogP contribution is 2.37. The van der Waals surface area contributed by atoms with Crippen LogP contribution >= 0.6 is 31.9 Å². The van der Waals surface area contributed by atoms with Crippen LogP contribution < -0.4 is 10.3 Å². The zero-order valence-corrected chi connectivity index (χ0v) is 21.9. The van der Waals surface area contributed by atoms with Crippen LogP contribution in [0.15, 0.2) is 49.2 Å². The molecule has 0 radical (unpaired) electrons. The van der Waals surface area contributed by atoms with Crippen LogP contribution in [0.3, 0.4) is 0 Å². The molecule has 0 saturated heterocycles. The fourth-order valence-electron chi connectivity index (χ4n) is 3.11. The minimum atomic E-state index is -0.494. The first-order valence-electron chi connectivity index (χ1n) is 10.6. The van der Waals surface area contributed by atoms with Crippen LogP contribution in [0.1, 0.15) is 57.8 Å². The lowest BCUT2D eigenvalue weighted by atomic mass is 10.1. The smallest absolute Gasteiger partial charge is 0.312 e. The van der Waals surface area contributed by atoms with E-state index in [-0.39, 0.29) is 29.0 Å². The van der Waals surface area contributed by atoms with Gasteiger partial charge in [0, 0.05) is 22.0 Å². The first-order chi connectivity index (χ1) is 15.7. The van der Waals surface area contributed by atoms with E-state index in [0.717, 1.165) is 10.9 Å². The molecule has 0 amide bonds. The van der Waals surface area contributed by atoms with Crippen LogP contribution in [0.2, 0.25) is 0 Å². The summed E-state index contributed by atoms with van der Waals surface area (Å²) in [5.41, 5.74) is 0.552. The molecule has 8 nitrogen and oxygen atoms in total. The minimum Gasteiger partial charge on any atom is -0.483 e. The van der Waals surface area contributed by atoms with Crippen LogP contribution in [0.4, 0.5) is 5.69 Å². The average molecular weight is 580 g/mol. The summed E-state index contributed by atoms with van der Waals surface area (Å²) < 4.78 is 8.22. The van der Waals surface area contributed by atoms with E-state index in [2.05, 4.69) is 41.9 Å². The highest BCUT2D eigenvalue weighted by Gasteiger charge is 2.22. The number of fused-ring (bicyclic) bond motifs is 1. The SMILES string of the molecule is CC[C@@H](C)Oc1c(Br)cc(C=Nn2c([C@@H](C)CC)nc3ccc(Br)cc3c2=O)cc1[N+](=O)[O-]. The highest BCUT2D eigenvalue weighted by molar-refractivity contribution is 9.10. The predicted octanol–water partition coefficient (Wildman–Crippen LogP) is 6.40. The van der Waals surface area contributed by atoms with Crippen LogP contribution in [0.25, 0.3) is 10.9 Å². The van der Waals surface area contributed by atoms with E-state index in [9.17, 15) is 14.9 Å². The van der Waals surface area contributed by atoms with E-state index < -0.39 is 4.92 Å². The van der Waals surface area contributed by atoms with E-state index >= 15 is 0 Å². The number of rotatable bonds is 8. The molecular weight excluding hydrogens is 556 g/mol. The zero-order valence-electron chi connectivity index (χ0n) is 18.7. The summed E-state index contributed by atoms with van der Waals surface area (Å²) in [4.78, 5) is 29.1. The number of ether oxygens (including phenoxy) is 1. The van der Waals surface area contributed by atoms with Gasteiger partial charge >= 0.3 is 5.69 Å². The quantitative estimate of drug-likeness (QED) is 0.174. The topological polar surface area (TPSA) is 99.6 Å². The molecule has 2 atom stereocenters. The Morgan fingerprint density at radius 2 is 1.94 bits per heavy atom. The van der Waals surface area contributed by atoms with E-state index in [1.165, 1.54) is 17.0 Å². The van der Waals surface area contributed by atoms with Gasteiger partial charge in [0.25, 0.3) is 5.56 Å². The van der Waals surface area contributed by atoms with Crippen molar-refractivity contribution >= 4 is 54.7 Å². The Kier molecular flexibility index (Phi) is 8.01. The molecule has 0 bridgehead atoms. The third-order valence-electron chi connectivity index (χ3n) is 5.35. The molecule has 2 aromatic carbocycles. The van der Waals surface area contributed by atoms with Crippen LogP contribution in [-0.4, -0.2) is 26.9 Å². The summed E-state index contributed by atoms with van der Waals surface area (Å²) in [5, 5.41) is 16.5. The minimum absolute atomic E-state index is 0.0183. The number of nitro groups is 1. The van der Waals surface area contributed by atoms with Gasteiger partial charge in [0.2, 0.25) is 5.75 Å². The zero-order chi connectivity index (χ0) is 24.3. The first kappa shape index (κ1) is 25.0. The van der Waals surface area contributed by atoms with Crippen molar-refractivity contribution in [2.45, 2.75) is 52.6 Å². The normalized spacial score (nSPS) is 13.4. The summed E-state index contributed by atoms with van der Waals surface area (Å²) >= 11 is 6.77. The molecule has 0 N–H and O–H groups in total. The van der Waals surface area contributed by atoms with Gasteiger partial charge in [-0.15, -0.1) is 0 Å². The van der Waals surface area contributed by atoms with Gasteiger partial charge in [-0.25, -0.2) is 4.98 Å². The number of hydrogen-bond acceptors (Lipinski definition) is 6. The van der Waals surface area contributed by atoms with Gasteiger partial charge in [0.1, 0.15) is 5.82 Å². The van der Waals surface area contributed by atoms with Crippen LogP contribution in [0, 0.1) is 10.1 Å².